The van der Waals surface area contributed by atoms with Gasteiger partial charge in [0.25, 0.3) is 0 Å². The molecule has 0 spiro atoms. The molecule has 0 bridgehead atoms. The summed E-state index contributed by atoms with van der Waals surface area (Å²) in [6.07, 6.45) is 0.402. The van der Waals surface area contributed by atoms with Gasteiger partial charge < -0.3 is 15.2 Å². The van der Waals surface area contributed by atoms with Crippen LogP contribution in [0, 0.1) is 0 Å². The highest BCUT2D eigenvalue weighted by Crippen LogP contribution is 2.27. The van der Waals surface area contributed by atoms with Crippen LogP contribution in [0.15, 0.2) is 46.9 Å². The highest BCUT2D eigenvalue weighted by Gasteiger charge is 2.15. The van der Waals surface area contributed by atoms with Crippen molar-refractivity contribution in [2.75, 3.05) is 16.4 Å². The van der Waals surface area contributed by atoms with Crippen LogP contribution in [0.1, 0.15) is 20.3 Å². The van der Waals surface area contributed by atoms with Crippen molar-refractivity contribution in [3.63, 3.8) is 0 Å². The van der Waals surface area contributed by atoms with E-state index >= 15 is 0 Å². The van der Waals surface area contributed by atoms with Gasteiger partial charge in [0.15, 0.2) is 11.0 Å². The molecule has 3 rings (SSSR count). The quantitative estimate of drug-likeness (QED) is 0.541. The molecule has 3 aromatic rings. The van der Waals surface area contributed by atoms with Gasteiger partial charge in [-0.25, -0.2) is 0 Å². The first-order chi connectivity index (χ1) is 13.6. The molecular weight excluding hydrogens is 394 g/mol. The summed E-state index contributed by atoms with van der Waals surface area (Å²) in [5, 5.41) is 16.8. The number of nitrogens with one attached hydrogen (secondary N) is 2. The summed E-state index contributed by atoms with van der Waals surface area (Å²) in [5.74, 6) is 0.820. The fraction of sp³-hybridized carbons (Fsp3) is 0.263. The van der Waals surface area contributed by atoms with E-state index in [9.17, 15) is 9.59 Å². The molecule has 28 heavy (non-hydrogen) atoms. The van der Waals surface area contributed by atoms with Crippen molar-refractivity contribution in [1.29, 1.82) is 0 Å². The minimum atomic E-state index is -0.146. The summed E-state index contributed by atoms with van der Waals surface area (Å²) in [6, 6.07) is 11.1. The summed E-state index contributed by atoms with van der Waals surface area (Å²) in [6.45, 7) is 4.54. The molecule has 1 aromatic carbocycles. The fourth-order valence-electron chi connectivity index (χ4n) is 2.52. The van der Waals surface area contributed by atoms with Crippen molar-refractivity contribution in [2.45, 2.75) is 32.0 Å². The van der Waals surface area contributed by atoms with Gasteiger partial charge in [-0.1, -0.05) is 30.8 Å². The van der Waals surface area contributed by atoms with Crippen LogP contribution in [-0.2, 0) is 16.1 Å². The fourth-order valence-corrected chi connectivity index (χ4v) is 4.04. The van der Waals surface area contributed by atoms with Crippen LogP contribution in [-0.4, -0.2) is 32.3 Å². The molecule has 9 heteroatoms. The van der Waals surface area contributed by atoms with Crippen molar-refractivity contribution < 1.29 is 9.59 Å². The van der Waals surface area contributed by atoms with E-state index in [1.165, 1.54) is 11.8 Å². The standard InChI is InChI=1S/C19H21N5O2S2/c1-3-16(25)20-13-7-5-8-14(11-13)21-17(26)12-28-19-23-22-18(24(19)4-2)15-9-6-10-27-15/h5-11H,3-4,12H2,1-2H3,(H,20,25)(H,21,26). The molecule has 0 radical (unpaired) electrons. The van der Waals surface area contributed by atoms with Crippen molar-refractivity contribution in [2.24, 2.45) is 0 Å². The minimum Gasteiger partial charge on any atom is -0.326 e. The number of thioether (sulfide) groups is 1. The molecule has 2 heterocycles. The lowest BCUT2D eigenvalue weighted by Gasteiger charge is -2.09. The number of nitrogens with zero attached hydrogens (tertiary/aromatic N) is 3. The molecule has 0 saturated heterocycles. The maximum absolute atomic E-state index is 12.3. The van der Waals surface area contributed by atoms with Gasteiger partial charge in [0.2, 0.25) is 11.8 Å². The lowest BCUT2D eigenvalue weighted by Crippen LogP contribution is -2.15. The van der Waals surface area contributed by atoms with Crippen molar-refractivity contribution in [3.05, 3.63) is 41.8 Å². The third kappa shape index (κ3) is 4.99. The molecule has 2 amide bonds. The first-order valence-electron chi connectivity index (χ1n) is 8.90. The number of amides is 2. The number of carbonyl (C=O) groups excluding carboxylic acids is 2. The van der Waals surface area contributed by atoms with Gasteiger partial charge in [-0.3, -0.25) is 9.59 Å². The average Bonchev–Trinajstić information content (AvgIpc) is 3.35. The van der Waals surface area contributed by atoms with Gasteiger partial charge >= 0.3 is 0 Å². The number of carbonyl (C=O) groups is 2. The van der Waals surface area contributed by atoms with E-state index < -0.39 is 0 Å². The van der Waals surface area contributed by atoms with Crippen LogP contribution >= 0.6 is 23.1 Å². The van der Waals surface area contributed by atoms with Crippen LogP contribution < -0.4 is 10.6 Å². The molecule has 2 N–H and O–H groups in total. The van der Waals surface area contributed by atoms with E-state index in [4.69, 9.17) is 0 Å². The minimum absolute atomic E-state index is 0.0699. The van der Waals surface area contributed by atoms with Crippen molar-refractivity contribution in [1.82, 2.24) is 14.8 Å². The predicted octanol–water partition coefficient (Wildman–Crippen LogP) is 4.11. The number of aromatic nitrogens is 3. The van der Waals surface area contributed by atoms with E-state index in [1.807, 2.05) is 29.0 Å². The Bertz CT molecular complexity index is 953. The topological polar surface area (TPSA) is 88.9 Å². The monoisotopic (exact) mass is 415 g/mol. The highest BCUT2D eigenvalue weighted by atomic mass is 32.2. The van der Waals surface area contributed by atoms with E-state index in [0.717, 1.165) is 17.2 Å². The SMILES string of the molecule is CCC(=O)Nc1cccc(NC(=O)CSc2nnc(-c3cccs3)n2CC)c1. The van der Waals surface area contributed by atoms with Crippen LogP contribution in [0.3, 0.4) is 0 Å². The van der Waals surface area contributed by atoms with Gasteiger partial charge in [-0.05, 0) is 36.6 Å². The Morgan fingerprint density at radius 1 is 1.07 bits per heavy atom. The zero-order valence-electron chi connectivity index (χ0n) is 15.6. The molecule has 146 valence electrons. The van der Waals surface area contributed by atoms with Crippen LogP contribution in [0.2, 0.25) is 0 Å². The Labute approximate surface area is 171 Å². The second-order valence-corrected chi connectivity index (χ2v) is 7.74. The Hall–Kier alpha value is -2.65. The van der Waals surface area contributed by atoms with E-state index in [-0.39, 0.29) is 17.6 Å². The Morgan fingerprint density at radius 2 is 1.82 bits per heavy atom. The zero-order valence-corrected chi connectivity index (χ0v) is 17.3. The van der Waals surface area contributed by atoms with E-state index in [2.05, 4.69) is 20.8 Å². The smallest absolute Gasteiger partial charge is 0.234 e. The summed E-state index contributed by atoms with van der Waals surface area (Å²) >= 11 is 2.96. The molecule has 2 aromatic heterocycles. The molecule has 0 aliphatic carbocycles. The van der Waals surface area contributed by atoms with Gasteiger partial charge in [0.05, 0.1) is 10.6 Å². The molecule has 0 fully saturated rings. The second kappa shape index (κ2) is 9.52. The number of hydrogen-bond donors (Lipinski definition) is 2. The number of rotatable bonds is 8. The normalized spacial score (nSPS) is 10.6. The van der Waals surface area contributed by atoms with Gasteiger partial charge in [-0.15, -0.1) is 21.5 Å². The summed E-state index contributed by atoms with van der Waals surface area (Å²) < 4.78 is 2.00. The largest absolute Gasteiger partial charge is 0.326 e. The molecular formula is C19H21N5O2S2. The Morgan fingerprint density at radius 3 is 2.46 bits per heavy atom. The molecule has 0 saturated carbocycles. The molecule has 7 nitrogen and oxygen atoms in total. The predicted molar refractivity (Wildman–Crippen MR) is 114 cm³/mol. The first-order valence-corrected chi connectivity index (χ1v) is 10.8. The van der Waals surface area contributed by atoms with E-state index in [1.54, 1.807) is 42.5 Å². The lowest BCUT2D eigenvalue weighted by atomic mass is 10.2. The third-order valence-electron chi connectivity index (χ3n) is 3.86. The average molecular weight is 416 g/mol. The molecule has 0 unspecified atom stereocenters. The molecule has 0 aliphatic heterocycles. The third-order valence-corrected chi connectivity index (χ3v) is 5.69. The van der Waals surface area contributed by atoms with Crippen LogP contribution in [0.5, 0.6) is 0 Å². The van der Waals surface area contributed by atoms with Gasteiger partial charge in [0.1, 0.15) is 0 Å². The summed E-state index contributed by atoms with van der Waals surface area (Å²) in [5.41, 5.74) is 1.29. The first kappa shape index (κ1) is 20.1. The van der Waals surface area contributed by atoms with Crippen molar-refractivity contribution in [3.8, 4) is 10.7 Å². The Balaban J connectivity index is 1.61. The number of benzene rings is 1. The lowest BCUT2D eigenvalue weighted by molar-refractivity contribution is -0.116. The zero-order chi connectivity index (χ0) is 19.9. The maximum atomic E-state index is 12.3. The summed E-state index contributed by atoms with van der Waals surface area (Å²) in [4.78, 5) is 24.9. The second-order valence-electron chi connectivity index (χ2n) is 5.85. The number of anilines is 2. The van der Waals surface area contributed by atoms with Crippen LogP contribution in [0.25, 0.3) is 10.7 Å². The number of hydrogen-bond acceptors (Lipinski definition) is 6. The summed E-state index contributed by atoms with van der Waals surface area (Å²) in [7, 11) is 0. The molecule has 0 atom stereocenters. The maximum Gasteiger partial charge on any atom is 0.234 e. The number of thiophene rings is 1. The van der Waals surface area contributed by atoms with E-state index in [0.29, 0.717) is 23.0 Å². The van der Waals surface area contributed by atoms with Crippen LogP contribution in [0.4, 0.5) is 11.4 Å². The van der Waals surface area contributed by atoms with Gasteiger partial charge in [-0.2, -0.15) is 0 Å². The Kier molecular flexibility index (Phi) is 6.83. The highest BCUT2D eigenvalue weighted by molar-refractivity contribution is 7.99. The molecule has 0 aliphatic rings. The van der Waals surface area contributed by atoms with Crippen molar-refractivity contribution >= 4 is 46.3 Å². The van der Waals surface area contributed by atoms with Gasteiger partial charge in [0, 0.05) is 24.3 Å².